The molecule has 0 saturated carbocycles. The number of hydrogen-bond acceptors (Lipinski definition) is 5. The van der Waals surface area contributed by atoms with Crippen LogP contribution in [0.2, 0.25) is 0 Å². The lowest BCUT2D eigenvalue weighted by molar-refractivity contribution is 0.102. The Balaban J connectivity index is 2.15. The number of nitrogen functional groups attached to an aromatic ring is 1. The van der Waals surface area contributed by atoms with Crippen LogP contribution in [0.25, 0.3) is 0 Å². The van der Waals surface area contributed by atoms with Crippen molar-refractivity contribution in [3.05, 3.63) is 35.1 Å². The molecule has 2 aromatic rings. The fraction of sp³-hybridized carbons (Fsp3) is 0. The summed E-state index contributed by atoms with van der Waals surface area (Å²) >= 11 is 1.07. The van der Waals surface area contributed by atoms with Gasteiger partial charge in [-0.25, -0.2) is 4.39 Å². The lowest BCUT2D eigenvalue weighted by atomic mass is 10.2. The van der Waals surface area contributed by atoms with Crippen molar-refractivity contribution in [2.75, 3.05) is 11.1 Å². The van der Waals surface area contributed by atoms with Crippen molar-refractivity contribution in [3.8, 4) is 0 Å². The summed E-state index contributed by atoms with van der Waals surface area (Å²) in [6, 6.07) is 4.04. The molecule has 1 heterocycles. The first-order chi connectivity index (χ1) is 7.66. The highest BCUT2D eigenvalue weighted by molar-refractivity contribution is 7.03. The number of carbonyl (C=O) groups excluding carboxylic acids is 1. The average Bonchev–Trinajstić information content (AvgIpc) is 2.77. The fourth-order valence-electron chi connectivity index (χ4n) is 1.06. The van der Waals surface area contributed by atoms with Crippen molar-refractivity contribution in [1.29, 1.82) is 0 Å². The van der Waals surface area contributed by atoms with Gasteiger partial charge < -0.3 is 11.1 Å². The first kappa shape index (κ1) is 10.5. The lowest BCUT2D eigenvalue weighted by Crippen LogP contribution is -2.12. The molecule has 2 rings (SSSR count). The second-order valence-corrected chi connectivity index (χ2v) is 3.59. The van der Waals surface area contributed by atoms with Gasteiger partial charge in [-0.1, -0.05) is 4.49 Å². The van der Waals surface area contributed by atoms with E-state index in [1.807, 2.05) is 0 Å². The zero-order valence-electron chi connectivity index (χ0n) is 7.98. The van der Waals surface area contributed by atoms with Gasteiger partial charge in [0.1, 0.15) is 5.82 Å². The Labute approximate surface area is 94.3 Å². The predicted molar refractivity (Wildman–Crippen MR) is 58.7 cm³/mol. The Hall–Kier alpha value is -2.02. The van der Waals surface area contributed by atoms with Crippen LogP contribution in [0, 0.1) is 5.82 Å². The van der Waals surface area contributed by atoms with Crippen LogP contribution in [0.5, 0.6) is 0 Å². The van der Waals surface area contributed by atoms with E-state index in [0.29, 0.717) is 5.69 Å². The van der Waals surface area contributed by atoms with Gasteiger partial charge in [0.2, 0.25) is 0 Å². The highest BCUT2D eigenvalue weighted by Crippen LogP contribution is 2.16. The monoisotopic (exact) mass is 238 g/mol. The van der Waals surface area contributed by atoms with E-state index >= 15 is 0 Å². The van der Waals surface area contributed by atoms with Gasteiger partial charge in [-0.05, 0) is 29.7 Å². The second-order valence-electron chi connectivity index (χ2n) is 2.98. The third-order valence-electron chi connectivity index (χ3n) is 1.85. The summed E-state index contributed by atoms with van der Waals surface area (Å²) in [5.41, 5.74) is 5.86. The molecule has 0 spiro atoms. The van der Waals surface area contributed by atoms with Gasteiger partial charge in [0, 0.05) is 11.1 Å². The Morgan fingerprint density at radius 2 is 2.31 bits per heavy atom. The molecule has 7 heteroatoms. The first-order valence-electron chi connectivity index (χ1n) is 4.30. The molecule has 1 amide bonds. The SMILES string of the molecule is Nc1ccc(NC(=O)c2csnn2)cc1F. The van der Waals surface area contributed by atoms with Crippen LogP contribution >= 0.6 is 11.5 Å². The van der Waals surface area contributed by atoms with E-state index in [1.165, 1.54) is 17.5 Å². The zero-order valence-corrected chi connectivity index (χ0v) is 8.79. The Kier molecular flexibility index (Phi) is 2.78. The van der Waals surface area contributed by atoms with Crippen LogP contribution in [0.3, 0.4) is 0 Å². The van der Waals surface area contributed by atoms with E-state index < -0.39 is 11.7 Å². The molecule has 1 aromatic carbocycles. The summed E-state index contributed by atoms with van der Waals surface area (Å²) < 4.78 is 16.6. The minimum Gasteiger partial charge on any atom is -0.396 e. The normalized spacial score (nSPS) is 10.1. The third-order valence-corrected chi connectivity index (χ3v) is 2.36. The molecule has 3 N–H and O–H groups in total. The molecule has 0 unspecified atom stereocenters. The topological polar surface area (TPSA) is 80.9 Å². The summed E-state index contributed by atoms with van der Waals surface area (Å²) in [4.78, 5) is 11.5. The quantitative estimate of drug-likeness (QED) is 0.777. The Bertz CT molecular complexity index is 514. The van der Waals surface area contributed by atoms with Gasteiger partial charge in [0.25, 0.3) is 5.91 Å². The molecule has 16 heavy (non-hydrogen) atoms. The number of anilines is 2. The Morgan fingerprint density at radius 1 is 1.50 bits per heavy atom. The molecule has 0 fully saturated rings. The van der Waals surface area contributed by atoms with E-state index in [4.69, 9.17) is 5.73 Å². The molecule has 1 aromatic heterocycles. The summed E-state index contributed by atoms with van der Waals surface area (Å²) in [5.74, 6) is -1.01. The van der Waals surface area contributed by atoms with Crippen LogP contribution in [-0.4, -0.2) is 15.5 Å². The number of nitrogens with zero attached hydrogens (tertiary/aromatic N) is 2. The van der Waals surface area contributed by atoms with Crippen LogP contribution in [0.4, 0.5) is 15.8 Å². The fourth-order valence-corrected chi connectivity index (χ4v) is 1.50. The average molecular weight is 238 g/mol. The summed E-state index contributed by atoms with van der Waals surface area (Å²) in [6.07, 6.45) is 0. The number of amides is 1. The zero-order chi connectivity index (χ0) is 11.5. The smallest absolute Gasteiger partial charge is 0.277 e. The number of nitrogens with one attached hydrogen (secondary N) is 1. The number of benzene rings is 1. The number of halogens is 1. The molecule has 0 aliphatic carbocycles. The van der Waals surface area contributed by atoms with Crippen molar-refractivity contribution in [2.45, 2.75) is 0 Å². The van der Waals surface area contributed by atoms with Gasteiger partial charge in [-0.15, -0.1) is 5.10 Å². The molecule has 0 bridgehead atoms. The van der Waals surface area contributed by atoms with E-state index in [2.05, 4.69) is 14.9 Å². The molecule has 0 radical (unpaired) electrons. The summed E-state index contributed by atoms with van der Waals surface area (Å²) in [5, 5.41) is 7.58. The predicted octanol–water partition coefficient (Wildman–Crippen LogP) is 1.51. The van der Waals surface area contributed by atoms with E-state index in [9.17, 15) is 9.18 Å². The highest BCUT2D eigenvalue weighted by Gasteiger charge is 2.09. The molecule has 82 valence electrons. The number of carbonyl (C=O) groups is 1. The summed E-state index contributed by atoms with van der Waals surface area (Å²) in [6.45, 7) is 0. The van der Waals surface area contributed by atoms with Crippen molar-refractivity contribution >= 4 is 28.8 Å². The van der Waals surface area contributed by atoms with Gasteiger partial charge in [0.15, 0.2) is 5.69 Å². The maximum atomic E-state index is 13.1. The summed E-state index contributed by atoms with van der Waals surface area (Å²) in [7, 11) is 0. The minimum atomic E-state index is -0.575. The van der Waals surface area contributed by atoms with Crippen molar-refractivity contribution in [3.63, 3.8) is 0 Å². The maximum absolute atomic E-state index is 13.1. The van der Waals surface area contributed by atoms with E-state index in [0.717, 1.165) is 17.6 Å². The largest absolute Gasteiger partial charge is 0.396 e. The highest BCUT2D eigenvalue weighted by atomic mass is 32.1. The van der Waals surface area contributed by atoms with Crippen LogP contribution in [0.1, 0.15) is 10.5 Å². The second kappa shape index (κ2) is 4.23. The molecule has 0 aliphatic rings. The first-order valence-corrected chi connectivity index (χ1v) is 5.14. The van der Waals surface area contributed by atoms with E-state index in [-0.39, 0.29) is 11.4 Å². The van der Waals surface area contributed by atoms with Crippen LogP contribution in [-0.2, 0) is 0 Å². The molecule has 0 atom stereocenters. The molecule has 5 nitrogen and oxygen atoms in total. The molecular formula is C9H7FN4OS. The van der Waals surface area contributed by atoms with Crippen LogP contribution in [0.15, 0.2) is 23.6 Å². The lowest BCUT2D eigenvalue weighted by Gasteiger charge is -2.03. The number of rotatable bonds is 2. The van der Waals surface area contributed by atoms with Crippen molar-refractivity contribution < 1.29 is 9.18 Å². The Morgan fingerprint density at radius 3 is 2.94 bits per heavy atom. The van der Waals surface area contributed by atoms with E-state index in [1.54, 1.807) is 0 Å². The number of aromatic nitrogens is 2. The van der Waals surface area contributed by atoms with Gasteiger partial charge in [-0.2, -0.15) is 0 Å². The standard InChI is InChI=1S/C9H7FN4OS/c10-6-3-5(1-2-7(6)11)12-9(15)8-4-16-14-13-8/h1-4H,11H2,(H,12,15). The van der Waals surface area contributed by atoms with Gasteiger partial charge in [-0.3, -0.25) is 4.79 Å². The van der Waals surface area contributed by atoms with Crippen molar-refractivity contribution in [2.24, 2.45) is 0 Å². The number of nitrogens with two attached hydrogens (primary N) is 1. The molecule has 0 saturated heterocycles. The molecular weight excluding hydrogens is 231 g/mol. The van der Waals surface area contributed by atoms with Gasteiger partial charge in [0.05, 0.1) is 5.69 Å². The van der Waals surface area contributed by atoms with Crippen LogP contribution < -0.4 is 11.1 Å². The number of hydrogen-bond donors (Lipinski definition) is 2. The maximum Gasteiger partial charge on any atom is 0.277 e. The third kappa shape index (κ3) is 2.14. The minimum absolute atomic E-state index is 0.0355. The molecule has 0 aliphatic heterocycles. The van der Waals surface area contributed by atoms with Crippen molar-refractivity contribution in [1.82, 2.24) is 9.59 Å². The van der Waals surface area contributed by atoms with Gasteiger partial charge >= 0.3 is 0 Å².